The molecule has 1 aromatic carbocycles. The first-order valence-electron chi connectivity index (χ1n) is 7.02. The molecule has 0 spiro atoms. The number of piperidine rings is 1. The molecule has 0 radical (unpaired) electrons. The van der Waals surface area contributed by atoms with E-state index in [1.807, 2.05) is 6.92 Å². The van der Waals surface area contributed by atoms with Crippen molar-refractivity contribution >= 4 is 0 Å². The average molecular weight is 248 g/mol. The van der Waals surface area contributed by atoms with Gasteiger partial charge in [-0.25, -0.2) is 0 Å². The van der Waals surface area contributed by atoms with Crippen LogP contribution >= 0.6 is 0 Å². The Bertz CT molecular complexity index is 321. The van der Waals surface area contributed by atoms with E-state index in [1.54, 1.807) is 0 Å². The highest BCUT2D eigenvalue weighted by Gasteiger charge is 2.18. The van der Waals surface area contributed by atoms with Crippen molar-refractivity contribution in [3.63, 3.8) is 0 Å². The first kappa shape index (κ1) is 13.5. The van der Waals surface area contributed by atoms with Crippen LogP contribution in [0, 0.1) is 0 Å². The smallest absolute Gasteiger partial charge is 0.0654 e. The van der Waals surface area contributed by atoms with Crippen LogP contribution in [0.3, 0.4) is 0 Å². The molecule has 0 amide bonds. The molecule has 3 heteroatoms. The van der Waals surface area contributed by atoms with Crippen LogP contribution in [-0.4, -0.2) is 37.2 Å². The van der Waals surface area contributed by atoms with Crippen LogP contribution in [0.15, 0.2) is 30.3 Å². The number of hydrogen-bond acceptors (Lipinski definition) is 3. The van der Waals surface area contributed by atoms with Gasteiger partial charge < -0.3 is 9.74 Å². The van der Waals surface area contributed by atoms with Gasteiger partial charge in [0.2, 0.25) is 0 Å². The third kappa shape index (κ3) is 4.41. The molecule has 0 aromatic heterocycles. The Kier molecular flexibility index (Phi) is 5.65. The maximum atomic E-state index is 5.27. The first-order chi connectivity index (χ1) is 8.88. The van der Waals surface area contributed by atoms with Gasteiger partial charge in [0.1, 0.15) is 0 Å². The summed E-state index contributed by atoms with van der Waals surface area (Å²) in [7, 11) is 0. The molecule has 3 nitrogen and oxygen atoms in total. The van der Waals surface area contributed by atoms with E-state index in [4.69, 9.17) is 4.84 Å². The highest BCUT2D eigenvalue weighted by molar-refractivity contribution is 5.14. The van der Waals surface area contributed by atoms with Crippen molar-refractivity contribution in [2.75, 3.05) is 26.2 Å². The van der Waals surface area contributed by atoms with Crippen LogP contribution in [0.25, 0.3) is 0 Å². The summed E-state index contributed by atoms with van der Waals surface area (Å²) in [6.07, 6.45) is 3.54. The van der Waals surface area contributed by atoms with E-state index in [2.05, 4.69) is 40.7 Å². The van der Waals surface area contributed by atoms with Crippen LogP contribution in [0.5, 0.6) is 0 Å². The molecule has 1 aromatic rings. The lowest BCUT2D eigenvalue weighted by Crippen LogP contribution is -2.43. The summed E-state index contributed by atoms with van der Waals surface area (Å²) in [5, 5.41) is 0. The molecular weight excluding hydrogens is 224 g/mol. The molecule has 1 fully saturated rings. The van der Waals surface area contributed by atoms with Crippen molar-refractivity contribution in [1.82, 2.24) is 10.4 Å². The number of likely N-dealkylation sites (tertiary alicyclic amines) is 1. The quantitative estimate of drug-likeness (QED) is 0.781. The third-order valence-corrected chi connectivity index (χ3v) is 3.54. The van der Waals surface area contributed by atoms with Gasteiger partial charge in [-0.2, -0.15) is 5.48 Å². The summed E-state index contributed by atoms with van der Waals surface area (Å²) in [5.74, 6) is 0. The van der Waals surface area contributed by atoms with Crippen molar-refractivity contribution in [3.8, 4) is 0 Å². The number of nitrogens with one attached hydrogen (secondary N) is 1. The second-order valence-electron chi connectivity index (χ2n) is 4.90. The van der Waals surface area contributed by atoms with E-state index in [0.717, 1.165) is 13.0 Å². The molecule has 1 aliphatic heterocycles. The second-order valence-corrected chi connectivity index (χ2v) is 4.90. The molecular formula is C15H24N2O. The Morgan fingerprint density at radius 1 is 1.22 bits per heavy atom. The van der Waals surface area contributed by atoms with Crippen molar-refractivity contribution in [2.24, 2.45) is 0 Å². The average Bonchev–Trinajstić information content (AvgIpc) is 2.45. The van der Waals surface area contributed by atoms with Gasteiger partial charge in [0.25, 0.3) is 0 Å². The van der Waals surface area contributed by atoms with Gasteiger partial charge in [-0.15, -0.1) is 0 Å². The van der Waals surface area contributed by atoms with Gasteiger partial charge in [-0.05, 0) is 44.8 Å². The molecule has 0 saturated carbocycles. The largest absolute Gasteiger partial charge is 0.303 e. The predicted molar refractivity (Wildman–Crippen MR) is 74.4 cm³/mol. The summed E-state index contributed by atoms with van der Waals surface area (Å²) >= 11 is 0. The molecule has 1 saturated heterocycles. The summed E-state index contributed by atoms with van der Waals surface area (Å²) in [5.41, 5.74) is 4.58. The lowest BCUT2D eigenvalue weighted by atomic mass is 10.0. The van der Waals surface area contributed by atoms with E-state index in [0.29, 0.717) is 6.04 Å². The molecule has 1 N–H and O–H groups in total. The molecule has 0 atom stereocenters. The van der Waals surface area contributed by atoms with Gasteiger partial charge in [-0.3, -0.25) is 0 Å². The van der Waals surface area contributed by atoms with Crippen molar-refractivity contribution in [2.45, 2.75) is 32.2 Å². The Morgan fingerprint density at radius 3 is 2.61 bits per heavy atom. The Hall–Kier alpha value is -0.900. The van der Waals surface area contributed by atoms with Gasteiger partial charge in [0.15, 0.2) is 0 Å². The summed E-state index contributed by atoms with van der Waals surface area (Å²) < 4.78 is 0. The van der Waals surface area contributed by atoms with Gasteiger partial charge in [0.05, 0.1) is 6.61 Å². The number of rotatable bonds is 6. The molecule has 2 rings (SSSR count). The molecule has 0 unspecified atom stereocenters. The number of nitrogens with zero attached hydrogens (tertiary/aromatic N) is 1. The predicted octanol–water partition coefficient (Wildman–Crippen LogP) is 2.23. The summed E-state index contributed by atoms with van der Waals surface area (Å²) in [6, 6.07) is 11.3. The van der Waals surface area contributed by atoms with Crippen LogP contribution in [0.1, 0.15) is 25.3 Å². The topological polar surface area (TPSA) is 24.5 Å². The fraction of sp³-hybridized carbons (Fsp3) is 0.600. The number of hydrogen-bond donors (Lipinski definition) is 1. The Balaban J connectivity index is 1.65. The van der Waals surface area contributed by atoms with E-state index < -0.39 is 0 Å². The molecule has 0 bridgehead atoms. The third-order valence-electron chi connectivity index (χ3n) is 3.54. The minimum atomic E-state index is 0.540. The molecule has 18 heavy (non-hydrogen) atoms. The van der Waals surface area contributed by atoms with Crippen molar-refractivity contribution in [1.29, 1.82) is 0 Å². The van der Waals surface area contributed by atoms with Gasteiger partial charge >= 0.3 is 0 Å². The molecule has 0 aliphatic carbocycles. The standard InChI is InChI=1S/C15H24N2O/c1-2-18-16-15-9-12-17(13-10-15)11-8-14-6-4-3-5-7-14/h3-7,15-16H,2,8-13H2,1H3. The maximum absolute atomic E-state index is 5.27. The first-order valence-corrected chi connectivity index (χ1v) is 7.02. The highest BCUT2D eigenvalue weighted by Crippen LogP contribution is 2.11. The number of benzene rings is 1. The minimum Gasteiger partial charge on any atom is -0.303 e. The Morgan fingerprint density at radius 2 is 1.94 bits per heavy atom. The zero-order valence-electron chi connectivity index (χ0n) is 11.3. The zero-order valence-corrected chi connectivity index (χ0v) is 11.3. The second kappa shape index (κ2) is 7.52. The zero-order chi connectivity index (χ0) is 12.6. The van der Waals surface area contributed by atoms with E-state index >= 15 is 0 Å². The van der Waals surface area contributed by atoms with Crippen LogP contribution in [0.2, 0.25) is 0 Å². The normalized spacial score (nSPS) is 18.1. The van der Waals surface area contributed by atoms with Gasteiger partial charge in [0, 0.05) is 12.6 Å². The lowest BCUT2D eigenvalue weighted by Gasteiger charge is -2.32. The Labute approximate surface area is 110 Å². The SMILES string of the molecule is CCONC1CCN(CCc2ccccc2)CC1. The van der Waals surface area contributed by atoms with Crippen LogP contribution in [-0.2, 0) is 11.3 Å². The number of hydroxylamine groups is 1. The van der Waals surface area contributed by atoms with E-state index in [1.165, 1.54) is 38.0 Å². The van der Waals surface area contributed by atoms with Crippen LogP contribution < -0.4 is 5.48 Å². The van der Waals surface area contributed by atoms with E-state index in [-0.39, 0.29) is 0 Å². The van der Waals surface area contributed by atoms with E-state index in [9.17, 15) is 0 Å². The highest BCUT2D eigenvalue weighted by atomic mass is 16.6. The van der Waals surface area contributed by atoms with Crippen LogP contribution in [0.4, 0.5) is 0 Å². The van der Waals surface area contributed by atoms with Crippen molar-refractivity contribution < 1.29 is 4.84 Å². The monoisotopic (exact) mass is 248 g/mol. The fourth-order valence-electron chi connectivity index (χ4n) is 2.41. The molecule has 1 heterocycles. The molecule has 100 valence electrons. The minimum absolute atomic E-state index is 0.540. The fourth-order valence-corrected chi connectivity index (χ4v) is 2.41. The molecule has 1 aliphatic rings. The maximum Gasteiger partial charge on any atom is 0.0654 e. The van der Waals surface area contributed by atoms with Crippen molar-refractivity contribution in [3.05, 3.63) is 35.9 Å². The lowest BCUT2D eigenvalue weighted by molar-refractivity contribution is 0.00666. The summed E-state index contributed by atoms with van der Waals surface area (Å²) in [6.45, 7) is 6.29. The van der Waals surface area contributed by atoms with Gasteiger partial charge in [-0.1, -0.05) is 30.3 Å². The summed E-state index contributed by atoms with van der Waals surface area (Å²) in [4.78, 5) is 7.82.